The molecule has 1 aromatic heterocycles. The van der Waals surface area contributed by atoms with Crippen molar-refractivity contribution in [1.82, 2.24) is 9.97 Å². The Kier molecular flexibility index (Phi) is 4.94. The number of fused-ring (bicyclic) bond motifs is 1. The molecule has 0 saturated carbocycles. The van der Waals surface area contributed by atoms with E-state index < -0.39 is 5.97 Å². The van der Waals surface area contributed by atoms with Crippen LogP contribution < -0.4 is 10.2 Å². The van der Waals surface area contributed by atoms with Crippen LogP contribution >= 0.6 is 0 Å². The Morgan fingerprint density at radius 1 is 1.20 bits per heavy atom. The molecule has 0 aliphatic rings. The summed E-state index contributed by atoms with van der Waals surface area (Å²) < 4.78 is 10.2. The molecule has 1 heterocycles. The highest BCUT2D eigenvalue weighted by Crippen LogP contribution is 2.16. The van der Waals surface area contributed by atoms with E-state index >= 15 is 0 Å². The lowest BCUT2D eigenvalue weighted by Crippen LogP contribution is -2.21. The number of H-pyrrole nitrogens is 1. The minimum absolute atomic E-state index is 0.0777. The average Bonchev–Trinajstić information content (AvgIpc) is 3.06. The Morgan fingerprint density at radius 2 is 1.96 bits per heavy atom. The molecular formula is C18H18N4O3. The summed E-state index contributed by atoms with van der Waals surface area (Å²) in [5, 5.41) is 4.19. The molecule has 0 fully saturated rings. The maximum Gasteiger partial charge on any atom is 0.362 e. The molecule has 0 amide bonds. The summed E-state index contributed by atoms with van der Waals surface area (Å²) in [6, 6.07) is 14.7. The highest BCUT2D eigenvalue weighted by Gasteiger charge is 2.19. The number of carbonyl (C=O) groups is 1. The fourth-order valence-electron chi connectivity index (χ4n) is 2.25. The number of hydrogen-bond acceptors (Lipinski definition) is 6. The van der Waals surface area contributed by atoms with Crippen molar-refractivity contribution in [3.63, 3.8) is 0 Å². The highest BCUT2D eigenvalue weighted by atomic mass is 16.5. The number of methoxy groups -OCH3 is 1. The van der Waals surface area contributed by atoms with Gasteiger partial charge in [0.1, 0.15) is 5.75 Å². The number of imidazole rings is 1. The lowest BCUT2D eigenvalue weighted by atomic mass is 10.3. The zero-order valence-corrected chi connectivity index (χ0v) is 13.9. The zero-order chi connectivity index (χ0) is 17.6. The number of para-hydroxylation sites is 2. The summed E-state index contributed by atoms with van der Waals surface area (Å²) >= 11 is 0. The lowest BCUT2D eigenvalue weighted by molar-refractivity contribution is -0.134. The second-order valence-corrected chi connectivity index (χ2v) is 5.12. The standard InChI is InChI=1S/C18H18N4O3/c1-3-25-18(23)16(17-19-14-6-4-5-7-15(14)20-17)22-21-12-8-10-13(24-2)11-9-12/h4-11,21H,3H2,1-2H3,(H,19,20)/b22-16-. The molecule has 7 nitrogen and oxygen atoms in total. The molecule has 0 atom stereocenters. The van der Waals surface area contributed by atoms with Gasteiger partial charge in [-0.2, -0.15) is 5.10 Å². The van der Waals surface area contributed by atoms with Crippen molar-refractivity contribution in [2.45, 2.75) is 6.92 Å². The first-order chi connectivity index (χ1) is 12.2. The smallest absolute Gasteiger partial charge is 0.362 e. The third-order valence-electron chi connectivity index (χ3n) is 3.47. The maximum atomic E-state index is 12.3. The molecule has 0 saturated heterocycles. The Bertz CT molecular complexity index is 867. The van der Waals surface area contributed by atoms with Crippen molar-refractivity contribution < 1.29 is 14.3 Å². The summed E-state index contributed by atoms with van der Waals surface area (Å²) in [6.45, 7) is 1.99. The first kappa shape index (κ1) is 16.5. The van der Waals surface area contributed by atoms with E-state index in [2.05, 4.69) is 20.5 Å². The van der Waals surface area contributed by atoms with Gasteiger partial charge in [0.25, 0.3) is 0 Å². The second-order valence-electron chi connectivity index (χ2n) is 5.12. The number of hydrogen-bond donors (Lipinski definition) is 2. The van der Waals surface area contributed by atoms with Gasteiger partial charge in [-0.15, -0.1) is 0 Å². The van der Waals surface area contributed by atoms with Crippen LogP contribution in [0.1, 0.15) is 12.7 Å². The molecule has 0 radical (unpaired) electrons. The summed E-state index contributed by atoms with van der Waals surface area (Å²) in [7, 11) is 1.60. The molecule has 3 rings (SSSR count). The minimum atomic E-state index is -0.553. The van der Waals surface area contributed by atoms with Gasteiger partial charge < -0.3 is 14.5 Å². The van der Waals surface area contributed by atoms with Crippen LogP contribution in [0.4, 0.5) is 5.69 Å². The van der Waals surface area contributed by atoms with Crippen molar-refractivity contribution in [2.24, 2.45) is 5.10 Å². The van der Waals surface area contributed by atoms with E-state index in [1.54, 1.807) is 38.3 Å². The molecule has 3 aromatic rings. The van der Waals surface area contributed by atoms with Gasteiger partial charge in [-0.3, -0.25) is 5.43 Å². The van der Waals surface area contributed by atoms with Crippen molar-refractivity contribution in [1.29, 1.82) is 0 Å². The summed E-state index contributed by atoms with van der Waals surface area (Å²) in [5.74, 6) is 0.528. The van der Waals surface area contributed by atoms with Crippen molar-refractivity contribution in [3.8, 4) is 5.75 Å². The Morgan fingerprint density at radius 3 is 2.64 bits per heavy atom. The third-order valence-corrected chi connectivity index (χ3v) is 3.47. The summed E-state index contributed by atoms with van der Waals surface area (Å²) in [5.41, 5.74) is 5.20. The van der Waals surface area contributed by atoms with Gasteiger partial charge in [0, 0.05) is 0 Å². The van der Waals surface area contributed by atoms with Crippen LogP contribution in [0.2, 0.25) is 0 Å². The van der Waals surface area contributed by atoms with Gasteiger partial charge in [0.05, 0.1) is 30.4 Å². The Hall–Kier alpha value is -3.35. The number of nitrogens with zero attached hydrogens (tertiary/aromatic N) is 2. The molecular weight excluding hydrogens is 320 g/mol. The number of aromatic amines is 1. The van der Waals surface area contributed by atoms with E-state index in [1.165, 1.54) is 0 Å². The topological polar surface area (TPSA) is 88.6 Å². The number of rotatable bonds is 6. The van der Waals surface area contributed by atoms with Gasteiger partial charge in [-0.1, -0.05) is 12.1 Å². The molecule has 0 spiro atoms. The third kappa shape index (κ3) is 3.77. The number of nitrogens with one attached hydrogen (secondary N) is 2. The van der Waals surface area contributed by atoms with Gasteiger partial charge >= 0.3 is 5.97 Å². The van der Waals surface area contributed by atoms with Crippen molar-refractivity contribution in [2.75, 3.05) is 19.1 Å². The molecule has 2 N–H and O–H groups in total. The van der Waals surface area contributed by atoms with Crippen LogP contribution in [0.25, 0.3) is 11.0 Å². The number of aromatic nitrogens is 2. The van der Waals surface area contributed by atoms with Crippen LogP contribution in [-0.4, -0.2) is 35.4 Å². The van der Waals surface area contributed by atoms with E-state index in [9.17, 15) is 4.79 Å². The first-order valence-corrected chi connectivity index (χ1v) is 7.81. The largest absolute Gasteiger partial charge is 0.497 e. The molecule has 2 aromatic carbocycles. The van der Waals surface area contributed by atoms with Crippen molar-refractivity contribution in [3.05, 3.63) is 54.4 Å². The zero-order valence-electron chi connectivity index (χ0n) is 13.9. The van der Waals surface area contributed by atoms with Crippen LogP contribution in [0.5, 0.6) is 5.75 Å². The van der Waals surface area contributed by atoms with Gasteiger partial charge in [0.2, 0.25) is 5.71 Å². The number of anilines is 1. The van der Waals surface area contributed by atoms with Crippen LogP contribution in [0, 0.1) is 0 Å². The summed E-state index contributed by atoms with van der Waals surface area (Å²) in [4.78, 5) is 19.8. The quantitative estimate of drug-likeness (QED) is 0.410. The molecule has 0 unspecified atom stereocenters. The van der Waals surface area contributed by atoms with Crippen molar-refractivity contribution >= 4 is 28.4 Å². The molecule has 7 heteroatoms. The van der Waals surface area contributed by atoms with E-state index in [1.807, 2.05) is 24.3 Å². The Labute approximate surface area is 144 Å². The number of carbonyl (C=O) groups excluding carboxylic acids is 1. The fraction of sp³-hybridized carbons (Fsp3) is 0.167. The highest BCUT2D eigenvalue weighted by molar-refractivity contribution is 6.42. The Balaban J connectivity index is 1.91. The molecule has 0 aliphatic carbocycles. The number of ether oxygens (including phenoxy) is 2. The molecule has 25 heavy (non-hydrogen) atoms. The van der Waals surface area contributed by atoms with Crippen LogP contribution in [0.3, 0.4) is 0 Å². The fourth-order valence-corrected chi connectivity index (χ4v) is 2.25. The molecule has 128 valence electrons. The number of esters is 1. The number of hydrazone groups is 1. The van der Waals surface area contributed by atoms with E-state index in [0.717, 1.165) is 16.8 Å². The second kappa shape index (κ2) is 7.48. The van der Waals surface area contributed by atoms with E-state index in [4.69, 9.17) is 9.47 Å². The van der Waals surface area contributed by atoms with E-state index in [0.29, 0.717) is 11.5 Å². The molecule has 0 bridgehead atoms. The van der Waals surface area contributed by atoms with Crippen LogP contribution in [-0.2, 0) is 9.53 Å². The van der Waals surface area contributed by atoms with Gasteiger partial charge in [-0.05, 0) is 43.3 Å². The van der Waals surface area contributed by atoms with Crippen LogP contribution in [0.15, 0.2) is 53.6 Å². The van der Waals surface area contributed by atoms with Gasteiger partial charge in [0.15, 0.2) is 5.82 Å². The monoisotopic (exact) mass is 338 g/mol. The summed E-state index contributed by atoms with van der Waals surface area (Å²) in [6.07, 6.45) is 0. The van der Waals surface area contributed by atoms with E-state index in [-0.39, 0.29) is 12.3 Å². The normalized spacial score (nSPS) is 11.4. The minimum Gasteiger partial charge on any atom is -0.497 e. The molecule has 0 aliphatic heterocycles. The maximum absolute atomic E-state index is 12.3. The van der Waals surface area contributed by atoms with Gasteiger partial charge in [-0.25, -0.2) is 9.78 Å². The SMILES string of the molecule is CCOC(=O)/C(=N\Nc1ccc(OC)cc1)c1nc2ccccc2[nH]1. The lowest BCUT2D eigenvalue weighted by Gasteiger charge is -2.06. The first-order valence-electron chi connectivity index (χ1n) is 7.81. The predicted molar refractivity (Wildman–Crippen MR) is 95.9 cm³/mol. The predicted octanol–water partition coefficient (Wildman–Crippen LogP) is 2.95. The number of benzene rings is 2. The average molecular weight is 338 g/mol.